The summed E-state index contributed by atoms with van der Waals surface area (Å²) in [5, 5.41) is 0. The van der Waals surface area contributed by atoms with Crippen LogP contribution < -0.4 is 0 Å². The van der Waals surface area contributed by atoms with E-state index in [1.54, 1.807) is 6.08 Å². The maximum atomic E-state index is 11.8. The Balaban J connectivity index is 0. The molecule has 1 heteroatoms. The number of rotatable bonds is 3. The smallest absolute Gasteiger partial charge is 0.115 e. The van der Waals surface area contributed by atoms with Gasteiger partial charge in [-0.05, 0) is 12.5 Å². The Morgan fingerprint density at radius 2 is 1.91 bits per heavy atom. The summed E-state index contributed by atoms with van der Waals surface area (Å²) in [5.41, 5.74) is 1.44. The standard InChI is InChI=1S/C8H11F.C2H6/c1-4-8(6-9)5-7(2)3;1-2/h4-5H,1-2,6H2,3H3;1-2H3/b8-5+;. The number of hydrogen-bond acceptors (Lipinski definition) is 0. The van der Waals surface area contributed by atoms with Gasteiger partial charge < -0.3 is 0 Å². The summed E-state index contributed by atoms with van der Waals surface area (Å²) >= 11 is 0. The highest BCUT2D eigenvalue weighted by atomic mass is 19.1. The topological polar surface area (TPSA) is 0 Å². The van der Waals surface area contributed by atoms with Crippen molar-refractivity contribution >= 4 is 0 Å². The Morgan fingerprint density at radius 1 is 1.45 bits per heavy atom. The van der Waals surface area contributed by atoms with Gasteiger partial charge in [-0.15, -0.1) is 0 Å². The van der Waals surface area contributed by atoms with Gasteiger partial charge in [-0.1, -0.05) is 44.7 Å². The third kappa shape index (κ3) is 9.15. The zero-order valence-corrected chi connectivity index (χ0v) is 7.65. The van der Waals surface area contributed by atoms with Gasteiger partial charge in [-0.3, -0.25) is 0 Å². The van der Waals surface area contributed by atoms with Crippen LogP contribution in [0.3, 0.4) is 0 Å². The average Bonchev–Trinajstić information content (AvgIpc) is 2.03. The van der Waals surface area contributed by atoms with E-state index in [1.807, 2.05) is 20.8 Å². The molecule has 0 atom stereocenters. The first-order chi connectivity index (χ1) is 5.20. The minimum atomic E-state index is -0.462. The fraction of sp³-hybridized carbons (Fsp3) is 0.400. The highest BCUT2D eigenvalue weighted by Crippen LogP contribution is 2.00. The fourth-order valence-electron chi connectivity index (χ4n) is 0.469. The normalized spacial score (nSPS) is 9.64. The molecule has 0 N–H and O–H groups in total. The van der Waals surface area contributed by atoms with E-state index in [2.05, 4.69) is 13.2 Å². The van der Waals surface area contributed by atoms with Crippen molar-refractivity contribution in [1.29, 1.82) is 0 Å². The van der Waals surface area contributed by atoms with Crippen molar-refractivity contribution in [1.82, 2.24) is 0 Å². The molecule has 0 aromatic rings. The summed E-state index contributed by atoms with van der Waals surface area (Å²) in [5.74, 6) is 0. The molecule has 0 spiro atoms. The number of allylic oxidation sites excluding steroid dienone is 4. The van der Waals surface area contributed by atoms with E-state index in [1.165, 1.54) is 6.08 Å². The molecule has 0 radical (unpaired) electrons. The Morgan fingerprint density at radius 3 is 2.00 bits per heavy atom. The van der Waals surface area contributed by atoms with Crippen LogP contribution in [0.5, 0.6) is 0 Å². The molecule has 64 valence electrons. The molecule has 0 unspecified atom stereocenters. The van der Waals surface area contributed by atoms with Crippen LogP contribution in [0, 0.1) is 0 Å². The maximum absolute atomic E-state index is 11.8. The zero-order valence-electron chi connectivity index (χ0n) is 7.65. The van der Waals surface area contributed by atoms with Gasteiger partial charge in [0.25, 0.3) is 0 Å². The van der Waals surface area contributed by atoms with Gasteiger partial charge in [-0.25, -0.2) is 4.39 Å². The second kappa shape index (κ2) is 9.15. The highest BCUT2D eigenvalue weighted by molar-refractivity contribution is 5.26. The van der Waals surface area contributed by atoms with Crippen molar-refractivity contribution in [2.45, 2.75) is 20.8 Å². The van der Waals surface area contributed by atoms with Crippen LogP contribution in [0.4, 0.5) is 4.39 Å². The molecule has 0 heterocycles. The van der Waals surface area contributed by atoms with Crippen LogP contribution in [0.25, 0.3) is 0 Å². The summed E-state index contributed by atoms with van der Waals surface area (Å²) in [4.78, 5) is 0. The zero-order chi connectivity index (χ0) is 9.28. The molecule has 0 bridgehead atoms. The molecule has 0 aliphatic rings. The average molecular weight is 156 g/mol. The van der Waals surface area contributed by atoms with Gasteiger partial charge in [0.15, 0.2) is 0 Å². The van der Waals surface area contributed by atoms with Gasteiger partial charge in [0, 0.05) is 0 Å². The molecule has 0 rings (SSSR count). The monoisotopic (exact) mass is 156 g/mol. The molecule has 0 fully saturated rings. The number of hydrogen-bond donors (Lipinski definition) is 0. The Kier molecular flexibility index (Phi) is 10.6. The van der Waals surface area contributed by atoms with E-state index < -0.39 is 6.67 Å². The van der Waals surface area contributed by atoms with Crippen molar-refractivity contribution in [2.75, 3.05) is 6.67 Å². The molecule has 0 nitrogen and oxygen atoms in total. The lowest BCUT2D eigenvalue weighted by Gasteiger charge is -1.91. The molecular formula is C10H17F. The van der Waals surface area contributed by atoms with Crippen LogP contribution in [0.15, 0.2) is 36.5 Å². The van der Waals surface area contributed by atoms with Gasteiger partial charge in [0.1, 0.15) is 6.67 Å². The number of halogens is 1. The predicted molar refractivity (Wildman–Crippen MR) is 50.4 cm³/mol. The quantitative estimate of drug-likeness (QED) is 0.547. The van der Waals surface area contributed by atoms with Gasteiger partial charge in [0.05, 0.1) is 0 Å². The lowest BCUT2D eigenvalue weighted by molar-refractivity contribution is 0.549. The third-order valence-corrected chi connectivity index (χ3v) is 0.848. The van der Waals surface area contributed by atoms with Gasteiger partial charge in [-0.2, -0.15) is 0 Å². The molecule has 0 amide bonds. The fourth-order valence-corrected chi connectivity index (χ4v) is 0.469. The Hall–Kier alpha value is -0.850. The van der Waals surface area contributed by atoms with Crippen LogP contribution in [-0.2, 0) is 0 Å². The largest absolute Gasteiger partial charge is 0.246 e. The molecule has 0 aliphatic carbocycles. The molecule has 0 saturated heterocycles. The highest BCUT2D eigenvalue weighted by Gasteiger charge is 1.86. The first-order valence-corrected chi connectivity index (χ1v) is 3.75. The maximum Gasteiger partial charge on any atom is 0.115 e. The predicted octanol–water partition coefficient (Wildman–Crippen LogP) is 3.67. The summed E-state index contributed by atoms with van der Waals surface area (Å²) in [6.07, 6.45) is 3.17. The van der Waals surface area contributed by atoms with Gasteiger partial charge in [0.2, 0.25) is 0 Å². The van der Waals surface area contributed by atoms with Gasteiger partial charge >= 0.3 is 0 Å². The SMILES string of the molecule is C=C/C(=C\C(=C)C)CF.CC. The van der Waals surface area contributed by atoms with E-state index >= 15 is 0 Å². The molecule has 0 aliphatic heterocycles. The minimum Gasteiger partial charge on any atom is -0.246 e. The van der Waals surface area contributed by atoms with Crippen molar-refractivity contribution in [3.8, 4) is 0 Å². The van der Waals surface area contributed by atoms with Crippen LogP contribution in [-0.4, -0.2) is 6.67 Å². The minimum absolute atomic E-state index is 0.462. The lowest BCUT2D eigenvalue weighted by atomic mass is 10.2. The molecule has 11 heavy (non-hydrogen) atoms. The van der Waals surface area contributed by atoms with Crippen molar-refractivity contribution in [3.05, 3.63) is 36.5 Å². The Bertz CT molecular complexity index is 143. The van der Waals surface area contributed by atoms with E-state index in [4.69, 9.17) is 0 Å². The van der Waals surface area contributed by atoms with Crippen molar-refractivity contribution < 1.29 is 4.39 Å². The van der Waals surface area contributed by atoms with Crippen molar-refractivity contribution in [3.63, 3.8) is 0 Å². The molecule has 0 aromatic heterocycles. The van der Waals surface area contributed by atoms with Crippen molar-refractivity contribution in [2.24, 2.45) is 0 Å². The van der Waals surface area contributed by atoms with Crippen LogP contribution >= 0.6 is 0 Å². The molecule has 0 saturated carbocycles. The summed E-state index contributed by atoms with van der Waals surface area (Å²) in [6.45, 7) is 12.4. The molecule has 0 aromatic carbocycles. The second-order valence-corrected chi connectivity index (χ2v) is 1.90. The van der Waals surface area contributed by atoms with Crippen LogP contribution in [0.1, 0.15) is 20.8 Å². The summed E-state index contributed by atoms with van der Waals surface area (Å²) < 4.78 is 11.8. The lowest BCUT2D eigenvalue weighted by Crippen LogP contribution is -1.78. The first kappa shape index (κ1) is 12.8. The van der Waals surface area contributed by atoms with Crippen LogP contribution in [0.2, 0.25) is 0 Å². The van der Waals surface area contributed by atoms with E-state index in [9.17, 15) is 4.39 Å². The Labute approximate surface area is 69.1 Å². The number of alkyl halides is 1. The third-order valence-electron chi connectivity index (χ3n) is 0.848. The summed E-state index contributed by atoms with van der Waals surface area (Å²) in [6, 6.07) is 0. The van der Waals surface area contributed by atoms with E-state index in [-0.39, 0.29) is 0 Å². The van der Waals surface area contributed by atoms with E-state index in [0.29, 0.717) is 5.57 Å². The molecular weight excluding hydrogens is 139 g/mol. The first-order valence-electron chi connectivity index (χ1n) is 3.75. The second-order valence-electron chi connectivity index (χ2n) is 1.90. The van der Waals surface area contributed by atoms with E-state index in [0.717, 1.165) is 5.57 Å². The summed E-state index contributed by atoms with van der Waals surface area (Å²) in [7, 11) is 0.